The Balaban J connectivity index is 1.88. The lowest BCUT2D eigenvalue weighted by atomic mass is 10.0. The summed E-state index contributed by atoms with van der Waals surface area (Å²) in [5, 5.41) is 0. The molecule has 114 valence electrons. The number of rotatable bonds is 6. The average molecular weight is 298 g/mol. The smallest absolute Gasteiger partial charge is 0.0242 e. The fourth-order valence-corrected chi connectivity index (χ4v) is 2.30. The van der Waals surface area contributed by atoms with Crippen LogP contribution in [0.2, 0.25) is 0 Å². The molecule has 0 bridgehead atoms. The van der Waals surface area contributed by atoms with Gasteiger partial charge in [-0.1, -0.05) is 84.3 Å². The van der Waals surface area contributed by atoms with Crippen LogP contribution in [-0.2, 0) is 12.8 Å². The number of benzene rings is 2. The van der Waals surface area contributed by atoms with Crippen LogP contribution < -0.4 is 0 Å². The predicted molar refractivity (Wildman–Crippen MR) is 100 cm³/mol. The Morgan fingerprint density at radius 2 is 1.30 bits per heavy atom. The van der Waals surface area contributed by atoms with Gasteiger partial charge >= 0.3 is 0 Å². The van der Waals surface area contributed by atoms with Crippen molar-refractivity contribution in [3.05, 3.63) is 107 Å². The molecule has 0 aliphatic carbocycles. The molecule has 0 N–H and O–H groups in total. The topological polar surface area (TPSA) is 0 Å². The predicted octanol–water partition coefficient (Wildman–Crippen LogP) is 5.43. The van der Waals surface area contributed by atoms with Crippen molar-refractivity contribution in [2.45, 2.75) is 19.8 Å². The van der Waals surface area contributed by atoms with E-state index >= 15 is 0 Å². The quantitative estimate of drug-likeness (QED) is 0.493. The number of hydrogen-bond donors (Lipinski definition) is 0. The van der Waals surface area contributed by atoms with Gasteiger partial charge in [-0.2, -0.15) is 0 Å². The molecule has 2 aromatic carbocycles. The first-order valence-corrected chi connectivity index (χ1v) is 7.71. The van der Waals surface area contributed by atoms with Gasteiger partial charge in [-0.05, 0) is 43.0 Å². The molecule has 0 radical (unpaired) electrons. The Bertz CT molecular complexity index is 747. The zero-order chi connectivity index (χ0) is 16.7. The highest BCUT2D eigenvalue weighted by molar-refractivity contribution is 5.37. The third-order valence-electron chi connectivity index (χ3n) is 3.66. The molecule has 0 unspecified atom stereocenters. The fourth-order valence-electron chi connectivity index (χ4n) is 2.30. The van der Waals surface area contributed by atoms with Crippen LogP contribution in [0.5, 0.6) is 0 Å². The first kappa shape index (κ1) is 16.6. The minimum Gasteiger partial charge on any atom is -0.115 e. The standard InChI is InChI=1S/C23H22/c1-5-21-12-14-23(15-13-21)17-20(4)7-6-19(3)16-22-10-8-18(2)9-11-22/h1,6-15H,3-4,16-17H2,2H3/b7-6+. The van der Waals surface area contributed by atoms with Crippen LogP contribution in [-0.4, -0.2) is 0 Å². The highest BCUT2D eigenvalue weighted by atomic mass is 14.0. The maximum absolute atomic E-state index is 5.37. The van der Waals surface area contributed by atoms with E-state index in [0.29, 0.717) is 0 Å². The zero-order valence-electron chi connectivity index (χ0n) is 13.7. The monoisotopic (exact) mass is 298 g/mol. The van der Waals surface area contributed by atoms with Crippen molar-refractivity contribution in [3.8, 4) is 12.3 Å². The van der Waals surface area contributed by atoms with Crippen molar-refractivity contribution in [3.63, 3.8) is 0 Å². The van der Waals surface area contributed by atoms with E-state index in [4.69, 9.17) is 6.42 Å². The van der Waals surface area contributed by atoms with E-state index in [1.165, 1.54) is 16.7 Å². The van der Waals surface area contributed by atoms with Crippen LogP contribution in [0.3, 0.4) is 0 Å². The molecule has 0 aliphatic heterocycles. The maximum atomic E-state index is 5.37. The number of allylic oxidation sites excluding steroid dienone is 4. The van der Waals surface area contributed by atoms with Crippen LogP contribution in [0.1, 0.15) is 22.3 Å². The van der Waals surface area contributed by atoms with Crippen LogP contribution in [0.15, 0.2) is 85.0 Å². The molecule has 0 fully saturated rings. The second kappa shape index (κ2) is 8.01. The molecule has 0 aromatic heterocycles. The van der Waals surface area contributed by atoms with E-state index in [0.717, 1.165) is 29.6 Å². The molecular formula is C23H22. The van der Waals surface area contributed by atoms with Crippen LogP contribution in [0, 0.1) is 19.3 Å². The van der Waals surface area contributed by atoms with Crippen molar-refractivity contribution < 1.29 is 0 Å². The first-order chi connectivity index (χ1) is 11.1. The molecule has 2 aromatic rings. The van der Waals surface area contributed by atoms with Gasteiger partial charge in [-0.3, -0.25) is 0 Å². The average Bonchev–Trinajstić information content (AvgIpc) is 2.56. The number of hydrogen-bond acceptors (Lipinski definition) is 0. The minimum atomic E-state index is 0.819. The van der Waals surface area contributed by atoms with E-state index in [1.807, 2.05) is 18.2 Å². The van der Waals surface area contributed by atoms with E-state index < -0.39 is 0 Å². The Morgan fingerprint density at radius 3 is 1.74 bits per heavy atom. The Kier molecular flexibility index (Phi) is 5.78. The van der Waals surface area contributed by atoms with Gasteiger partial charge in [0.25, 0.3) is 0 Å². The summed E-state index contributed by atoms with van der Waals surface area (Å²) in [5.41, 5.74) is 6.81. The molecule has 0 heteroatoms. The van der Waals surface area contributed by atoms with Gasteiger partial charge in [-0.15, -0.1) is 6.42 Å². The lowest BCUT2D eigenvalue weighted by Crippen LogP contribution is -1.89. The summed E-state index contributed by atoms with van der Waals surface area (Å²) >= 11 is 0. The summed E-state index contributed by atoms with van der Waals surface area (Å²) in [5.74, 6) is 2.63. The zero-order valence-corrected chi connectivity index (χ0v) is 13.7. The molecule has 0 nitrogen and oxygen atoms in total. The summed E-state index contributed by atoms with van der Waals surface area (Å²) in [7, 11) is 0. The molecular weight excluding hydrogens is 276 g/mol. The van der Waals surface area contributed by atoms with Crippen molar-refractivity contribution in [2.75, 3.05) is 0 Å². The van der Waals surface area contributed by atoms with Gasteiger partial charge in [0, 0.05) is 5.56 Å². The van der Waals surface area contributed by atoms with Gasteiger partial charge < -0.3 is 0 Å². The van der Waals surface area contributed by atoms with Gasteiger partial charge in [-0.25, -0.2) is 0 Å². The summed E-state index contributed by atoms with van der Waals surface area (Å²) in [4.78, 5) is 0. The van der Waals surface area contributed by atoms with Crippen molar-refractivity contribution in [1.29, 1.82) is 0 Å². The van der Waals surface area contributed by atoms with E-state index in [9.17, 15) is 0 Å². The van der Waals surface area contributed by atoms with Crippen molar-refractivity contribution in [1.82, 2.24) is 0 Å². The van der Waals surface area contributed by atoms with Gasteiger partial charge in [0.2, 0.25) is 0 Å². The lowest BCUT2D eigenvalue weighted by molar-refractivity contribution is 1.18. The van der Waals surface area contributed by atoms with Crippen LogP contribution in [0.4, 0.5) is 0 Å². The molecule has 23 heavy (non-hydrogen) atoms. The molecule has 0 saturated heterocycles. The van der Waals surface area contributed by atoms with Crippen molar-refractivity contribution >= 4 is 0 Å². The summed E-state index contributed by atoms with van der Waals surface area (Å²) in [6.07, 6.45) is 11.1. The second-order valence-electron chi connectivity index (χ2n) is 5.83. The van der Waals surface area contributed by atoms with Crippen LogP contribution in [0.25, 0.3) is 0 Å². The highest BCUT2D eigenvalue weighted by Crippen LogP contribution is 2.13. The minimum absolute atomic E-state index is 0.819. The summed E-state index contributed by atoms with van der Waals surface area (Å²) in [6, 6.07) is 16.6. The molecule has 0 saturated carbocycles. The molecule has 0 spiro atoms. The van der Waals surface area contributed by atoms with Gasteiger partial charge in [0.05, 0.1) is 0 Å². The normalized spacial score (nSPS) is 10.4. The molecule has 0 aliphatic rings. The van der Waals surface area contributed by atoms with E-state index in [-0.39, 0.29) is 0 Å². The number of terminal acetylenes is 1. The molecule has 0 atom stereocenters. The molecule has 0 amide bonds. The summed E-state index contributed by atoms with van der Waals surface area (Å²) < 4.78 is 0. The number of aryl methyl sites for hydroxylation is 1. The third-order valence-corrected chi connectivity index (χ3v) is 3.66. The van der Waals surface area contributed by atoms with Crippen molar-refractivity contribution in [2.24, 2.45) is 0 Å². The third kappa shape index (κ3) is 5.49. The van der Waals surface area contributed by atoms with E-state index in [1.54, 1.807) is 0 Å². The molecule has 0 heterocycles. The summed E-state index contributed by atoms with van der Waals surface area (Å²) in [6.45, 7) is 10.3. The first-order valence-electron chi connectivity index (χ1n) is 7.71. The fraction of sp³-hybridized carbons (Fsp3) is 0.130. The second-order valence-corrected chi connectivity index (χ2v) is 5.83. The van der Waals surface area contributed by atoms with E-state index in [2.05, 4.69) is 68.5 Å². The van der Waals surface area contributed by atoms with Gasteiger partial charge in [0.1, 0.15) is 0 Å². The SMILES string of the molecule is C#Cc1ccc(CC(=C)/C=C/C(=C)Cc2ccc(C)cc2)cc1. The Hall–Kier alpha value is -2.78. The highest BCUT2D eigenvalue weighted by Gasteiger charge is 1.97. The lowest BCUT2D eigenvalue weighted by Gasteiger charge is -2.04. The Morgan fingerprint density at radius 1 is 0.870 bits per heavy atom. The largest absolute Gasteiger partial charge is 0.115 e. The van der Waals surface area contributed by atoms with Crippen LogP contribution >= 0.6 is 0 Å². The van der Waals surface area contributed by atoms with Gasteiger partial charge in [0.15, 0.2) is 0 Å². The maximum Gasteiger partial charge on any atom is 0.0242 e. The molecule has 2 rings (SSSR count). The Labute approximate surface area is 139 Å².